The molecule has 0 aliphatic heterocycles. The zero-order chi connectivity index (χ0) is 14.0. The summed E-state index contributed by atoms with van der Waals surface area (Å²) in [5.41, 5.74) is 1.66. The number of aromatic nitrogens is 2. The number of halogens is 2. The van der Waals surface area contributed by atoms with Gasteiger partial charge >= 0.3 is 0 Å². The minimum Gasteiger partial charge on any atom is -0.375 e. The van der Waals surface area contributed by atoms with E-state index in [1.54, 1.807) is 6.20 Å². The number of nitrogens with one attached hydrogen (secondary N) is 2. The van der Waals surface area contributed by atoms with Gasteiger partial charge in [-0.05, 0) is 22.9 Å². The molecule has 0 fully saturated rings. The van der Waals surface area contributed by atoms with Gasteiger partial charge in [-0.1, -0.05) is 0 Å². The molecule has 2 N–H and O–H groups in total. The third-order valence-electron chi connectivity index (χ3n) is 2.64. The van der Waals surface area contributed by atoms with Crippen LogP contribution < -0.4 is 5.32 Å². The van der Waals surface area contributed by atoms with Crippen molar-refractivity contribution in [3.63, 3.8) is 0 Å². The smallest absolute Gasteiger partial charge is 0.293 e. The number of rotatable bonds is 4. The summed E-state index contributed by atoms with van der Waals surface area (Å²) in [6.45, 7) is 2.16. The van der Waals surface area contributed by atoms with E-state index in [-0.39, 0.29) is 15.8 Å². The van der Waals surface area contributed by atoms with Gasteiger partial charge in [-0.15, -0.1) is 0 Å². The molecule has 1 aromatic carbocycles. The lowest BCUT2D eigenvalue weighted by Gasteiger charge is -2.07. The van der Waals surface area contributed by atoms with Crippen LogP contribution in [0.15, 0.2) is 22.8 Å². The topological polar surface area (TPSA) is 83.8 Å². The minimum absolute atomic E-state index is 0.0595. The van der Waals surface area contributed by atoms with Gasteiger partial charge in [0.1, 0.15) is 11.5 Å². The molecule has 1 aromatic heterocycles. The fraction of sp³-hybridized carbons (Fsp3) is 0.182. The summed E-state index contributed by atoms with van der Waals surface area (Å²) in [6, 6.07) is 2.23. The first-order valence-corrected chi connectivity index (χ1v) is 6.14. The van der Waals surface area contributed by atoms with E-state index in [0.29, 0.717) is 6.54 Å². The Morgan fingerprint density at radius 2 is 2.32 bits per heavy atom. The Bertz CT molecular complexity index is 629. The first kappa shape index (κ1) is 13.5. The Hall–Kier alpha value is -1.96. The molecule has 0 aliphatic rings. The largest absolute Gasteiger partial charge is 0.375 e. The van der Waals surface area contributed by atoms with Crippen LogP contribution in [-0.4, -0.2) is 15.1 Å². The van der Waals surface area contributed by atoms with Crippen LogP contribution in [-0.2, 0) is 6.54 Å². The van der Waals surface area contributed by atoms with Crippen LogP contribution >= 0.6 is 15.9 Å². The Labute approximate surface area is 116 Å². The van der Waals surface area contributed by atoms with Crippen molar-refractivity contribution in [1.82, 2.24) is 10.2 Å². The standard InChI is InChI=1S/C11H10BrFN4O2/c1-6-7(5-15-16-6)4-14-10-3-9(13)8(12)2-11(10)17(18)19/h2-3,5,14H,4H2,1H3,(H,15,16). The number of nitrogens with zero attached hydrogens (tertiary/aromatic N) is 2. The fourth-order valence-electron chi connectivity index (χ4n) is 1.57. The van der Waals surface area contributed by atoms with E-state index in [4.69, 9.17) is 0 Å². The molecule has 2 aromatic rings. The number of hydrogen-bond acceptors (Lipinski definition) is 4. The maximum absolute atomic E-state index is 13.4. The summed E-state index contributed by atoms with van der Waals surface area (Å²) in [5.74, 6) is -0.558. The second-order valence-electron chi connectivity index (χ2n) is 3.91. The number of nitro benzene ring substituents is 1. The van der Waals surface area contributed by atoms with Crippen LogP contribution in [0, 0.1) is 22.9 Å². The van der Waals surface area contributed by atoms with Gasteiger partial charge in [-0.2, -0.15) is 5.10 Å². The van der Waals surface area contributed by atoms with E-state index in [1.165, 1.54) is 0 Å². The predicted octanol–water partition coefficient (Wildman–Crippen LogP) is 3.14. The van der Waals surface area contributed by atoms with Crippen LogP contribution in [0.1, 0.15) is 11.3 Å². The summed E-state index contributed by atoms with van der Waals surface area (Å²) in [5, 5.41) is 20.4. The van der Waals surface area contributed by atoms with Crippen molar-refractivity contribution in [3.05, 3.63) is 50.0 Å². The monoisotopic (exact) mass is 328 g/mol. The molecule has 8 heteroatoms. The highest BCUT2D eigenvalue weighted by Gasteiger charge is 2.17. The molecule has 0 atom stereocenters. The number of aromatic amines is 1. The lowest BCUT2D eigenvalue weighted by Crippen LogP contribution is -2.04. The summed E-state index contributed by atoms with van der Waals surface area (Å²) in [6.07, 6.45) is 1.61. The van der Waals surface area contributed by atoms with E-state index in [1.807, 2.05) is 6.92 Å². The summed E-state index contributed by atoms with van der Waals surface area (Å²) in [4.78, 5) is 10.4. The molecule has 1 heterocycles. The lowest BCUT2D eigenvalue weighted by molar-refractivity contribution is -0.384. The average Bonchev–Trinajstić information content (AvgIpc) is 2.75. The van der Waals surface area contributed by atoms with Crippen LogP contribution in [0.2, 0.25) is 0 Å². The predicted molar refractivity (Wildman–Crippen MR) is 71.4 cm³/mol. The molecule has 100 valence electrons. The quantitative estimate of drug-likeness (QED) is 0.667. The Balaban J connectivity index is 2.26. The SMILES string of the molecule is Cc1[nH]ncc1CNc1cc(F)c(Br)cc1[N+](=O)[O-]. The Morgan fingerprint density at radius 1 is 1.58 bits per heavy atom. The lowest BCUT2D eigenvalue weighted by atomic mass is 10.2. The van der Waals surface area contributed by atoms with Gasteiger partial charge in [0.15, 0.2) is 0 Å². The zero-order valence-corrected chi connectivity index (χ0v) is 11.5. The van der Waals surface area contributed by atoms with Crippen molar-refractivity contribution < 1.29 is 9.31 Å². The molecule has 6 nitrogen and oxygen atoms in total. The van der Waals surface area contributed by atoms with Crippen LogP contribution in [0.25, 0.3) is 0 Å². The van der Waals surface area contributed by atoms with Crippen LogP contribution in [0.3, 0.4) is 0 Å². The van der Waals surface area contributed by atoms with Gasteiger partial charge < -0.3 is 5.32 Å². The molecule has 0 saturated heterocycles. The molecule has 0 saturated carbocycles. The normalized spacial score (nSPS) is 10.5. The van der Waals surface area contributed by atoms with Crippen molar-refractivity contribution in [3.8, 4) is 0 Å². The summed E-state index contributed by atoms with van der Waals surface area (Å²) < 4.78 is 13.5. The van der Waals surface area contributed by atoms with Gasteiger partial charge in [-0.25, -0.2) is 4.39 Å². The fourth-order valence-corrected chi connectivity index (χ4v) is 1.90. The summed E-state index contributed by atoms with van der Waals surface area (Å²) in [7, 11) is 0. The molecule has 0 spiro atoms. The van der Waals surface area contributed by atoms with E-state index in [9.17, 15) is 14.5 Å². The molecule has 0 bridgehead atoms. The molecule has 0 unspecified atom stereocenters. The first-order valence-electron chi connectivity index (χ1n) is 5.35. The number of H-pyrrole nitrogens is 1. The van der Waals surface area contributed by atoms with Crippen molar-refractivity contribution in [2.75, 3.05) is 5.32 Å². The Morgan fingerprint density at radius 3 is 2.89 bits per heavy atom. The van der Waals surface area contributed by atoms with Crippen molar-refractivity contribution >= 4 is 27.3 Å². The average molecular weight is 329 g/mol. The molecule has 0 radical (unpaired) electrons. The molecule has 19 heavy (non-hydrogen) atoms. The number of aryl methyl sites for hydroxylation is 1. The highest BCUT2D eigenvalue weighted by Crippen LogP contribution is 2.30. The number of nitro groups is 1. The van der Waals surface area contributed by atoms with Gasteiger partial charge in [-0.3, -0.25) is 15.2 Å². The molecular formula is C11H10BrFN4O2. The molecule has 0 amide bonds. The van der Waals surface area contributed by atoms with Crippen molar-refractivity contribution in [2.24, 2.45) is 0 Å². The first-order chi connectivity index (χ1) is 8.99. The van der Waals surface area contributed by atoms with Gasteiger partial charge in [0.25, 0.3) is 5.69 Å². The maximum atomic E-state index is 13.4. The minimum atomic E-state index is -0.561. The number of benzene rings is 1. The third kappa shape index (κ3) is 2.90. The highest BCUT2D eigenvalue weighted by atomic mass is 79.9. The third-order valence-corrected chi connectivity index (χ3v) is 3.25. The second kappa shape index (κ2) is 5.35. The number of anilines is 1. The zero-order valence-electron chi connectivity index (χ0n) is 9.91. The summed E-state index contributed by atoms with van der Waals surface area (Å²) >= 11 is 2.93. The van der Waals surface area contributed by atoms with Crippen LogP contribution in [0.4, 0.5) is 15.8 Å². The van der Waals surface area contributed by atoms with E-state index in [0.717, 1.165) is 23.4 Å². The Kier molecular flexibility index (Phi) is 3.79. The van der Waals surface area contributed by atoms with E-state index >= 15 is 0 Å². The second-order valence-corrected chi connectivity index (χ2v) is 4.77. The molecule has 2 rings (SSSR count). The van der Waals surface area contributed by atoms with Crippen LogP contribution in [0.5, 0.6) is 0 Å². The number of hydrogen-bond donors (Lipinski definition) is 2. The molecular weight excluding hydrogens is 319 g/mol. The van der Waals surface area contributed by atoms with E-state index in [2.05, 4.69) is 31.4 Å². The van der Waals surface area contributed by atoms with E-state index < -0.39 is 10.7 Å². The van der Waals surface area contributed by atoms with Gasteiger partial charge in [0.05, 0.1) is 15.6 Å². The van der Waals surface area contributed by atoms with Gasteiger partial charge in [0, 0.05) is 29.9 Å². The van der Waals surface area contributed by atoms with Crippen molar-refractivity contribution in [2.45, 2.75) is 13.5 Å². The highest BCUT2D eigenvalue weighted by molar-refractivity contribution is 9.10. The molecule has 0 aliphatic carbocycles. The van der Waals surface area contributed by atoms with Crippen molar-refractivity contribution in [1.29, 1.82) is 0 Å². The van der Waals surface area contributed by atoms with Gasteiger partial charge in [0.2, 0.25) is 0 Å². The maximum Gasteiger partial charge on any atom is 0.293 e.